The van der Waals surface area contributed by atoms with E-state index >= 15 is 0 Å². The van der Waals surface area contributed by atoms with Crippen molar-refractivity contribution in [2.75, 3.05) is 6.61 Å². The van der Waals surface area contributed by atoms with E-state index in [1.807, 2.05) is 0 Å². The lowest BCUT2D eigenvalue weighted by Crippen LogP contribution is -2.05. The summed E-state index contributed by atoms with van der Waals surface area (Å²) in [6.45, 7) is 7.21. The molecule has 0 aromatic heterocycles. The molecule has 0 saturated carbocycles. The molecule has 1 nitrogen and oxygen atoms in total. The van der Waals surface area contributed by atoms with Gasteiger partial charge in [0.05, 0.1) is 6.10 Å². The zero-order valence-electron chi connectivity index (χ0n) is 9.42. The van der Waals surface area contributed by atoms with E-state index in [1.54, 1.807) is 0 Å². The first-order valence-electron chi connectivity index (χ1n) is 5.52. The molecule has 0 fully saturated rings. The lowest BCUT2D eigenvalue weighted by molar-refractivity contribution is 0.0592. The molecule has 0 aliphatic rings. The van der Waals surface area contributed by atoms with E-state index in [1.165, 1.54) is 11.1 Å². The molecule has 78 valence electrons. The minimum absolute atomic E-state index is 0.274. The van der Waals surface area contributed by atoms with Gasteiger partial charge in [-0.1, -0.05) is 38.1 Å². The zero-order valence-corrected chi connectivity index (χ0v) is 9.42. The SMILES string of the molecule is CCOC(CC)c1ccccc1CC. The fourth-order valence-electron chi connectivity index (χ4n) is 1.80. The Hall–Kier alpha value is -0.820. The van der Waals surface area contributed by atoms with Gasteiger partial charge in [0.25, 0.3) is 0 Å². The monoisotopic (exact) mass is 192 g/mol. The lowest BCUT2D eigenvalue weighted by Gasteiger charge is -2.18. The Balaban J connectivity index is 2.90. The van der Waals surface area contributed by atoms with Gasteiger partial charge in [0.2, 0.25) is 0 Å². The van der Waals surface area contributed by atoms with E-state index in [2.05, 4.69) is 45.0 Å². The predicted octanol–water partition coefficient (Wildman–Crippen LogP) is 3.74. The van der Waals surface area contributed by atoms with Gasteiger partial charge in [-0.25, -0.2) is 0 Å². The molecule has 1 heteroatoms. The average Bonchev–Trinajstić information content (AvgIpc) is 2.26. The molecule has 0 saturated heterocycles. The fourth-order valence-corrected chi connectivity index (χ4v) is 1.80. The maximum Gasteiger partial charge on any atom is 0.0824 e. The third-order valence-electron chi connectivity index (χ3n) is 2.52. The second kappa shape index (κ2) is 5.82. The first-order chi connectivity index (χ1) is 6.83. The number of hydrogen-bond acceptors (Lipinski definition) is 1. The smallest absolute Gasteiger partial charge is 0.0824 e. The summed E-state index contributed by atoms with van der Waals surface area (Å²) in [7, 11) is 0. The number of aryl methyl sites for hydroxylation is 1. The van der Waals surface area contributed by atoms with Crippen molar-refractivity contribution < 1.29 is 4.74 Å². The summed E-state index contributed by atoms with van der Waals surface area (Å²) in [5, 5.41) is 0. The summed E-state index contributed by atoms with van der Waals surface area (Å²) < 4.78 is 5.72. The first kappa shape index (κ1) is 11.3. The van der Waals surface area contributed by atoms with E-state index < -0.39 is 0 Å². The quantitative estimate of drug-likeness (QED) is 0.690. The van der Waals surface area contributed by atoms with Crippen LogP contribution < -0.4 is 0 Å². The van der Waals surface area contributed by atoms with Crippen molar-refractivity contribution in [3.8, 4) is 0 Å². The average molecular weight is 192 g/mol. The minimum atomic E-state index is 0.274. The Morgan fingerprint density at radius 3 is 2.43 bits per heavy atom. The number of rotatable bonds is 5. The van der Waals surface area contributed by atoms with Crippen molar-refractivity contribution in [2.45, 2.75) is 39.7 Å². The molecule has 14 heavy (non-hydrogen) atoms. The molecule has 0 heterocycles. The van der Waals surface area contributed by atoms with Gasteiger partial charge in [0.1, 0.15) is 0 Å². The molecule has 0 bridgehead atoms. The predicted molar refractivity (Wildman–Crippen MR) is 60.5 cm³/mol. The maximum atomic E-state index is 5.72. The highest BCUT2D eigenvalue weighted by Gasteiger charge is 2.11. The molecule has 1 aromatic rings. The van der Waals surface area contributed by atoms with Gasteiger partial charge < -0.3 is 4.74 Å². The van der Waals surface area contributed by atoms with Gasteiger partial charge in [-0.3, -0.25) is 0 Å². The minimum Gasteiger partial charge on any atom is -0.374 e. The molecule has 0 radical (unpaired) electrons. The number of ether oxygens (including phenoxy) is 1. The molecule has 1 rings (SSSR count). The summed E-state index contributed by atoms with van der Waals surface area (Å²) in [5.74, 6) is 0. The fraction of sp³-hybridized carbons (Fsp3) is 0.538. The highest BCUT2D eigenvalue weighted by atomic mass is 16.5. The van der Waals surface area contributed by atoms with Crippen molar-refractivity contribution in [3.63, 3.8) is 0 Å². The van der Waals surface area contributed by atoms with Crippen LogP contribution >= 0.6 is 0 Å². The van der Waals surface area contributed by atoms with Crippen LogP contribution in [0.15, 0.2) is 24.3 Å². The highest BCUT2D eigenvalue weighted by molar-refractivity contribution is 5.29. The second-order valence-corrected chi connectivity index (χ2v) is 3.40. The van der Waals surface area contributed by atoms with Gasteiger partial charge in [0.15, 0.2) is 0 Å². The van der Waals surface area contributed by atoms with E-state index in [-0.39, 0.29) is 6.10 Å². The summed E-state index contributed by atoms with van der Waals surface area (Å²) in [5.41, 5.74) is 2.77. The maximum absolute atomic E-state index is 5.72. The van der Waals surface area contributed by atoms with Crippen molar-refractivity contribution in [1.29, 1.82) is 0 Å². The summed E-state index contributed by atoms with van der Waals surface area (Å²) >= 11 is 0. The molecular weight excluding hydrogens is 172 g/mol. The summed E-state index contributed by atoms with van der Waals surface area (Å²) in [6, 6.07) is 8.57. The van der Waals surface area contributed by atoms with Gasteiger partial charge in [-0.05, 0) is 30.9 Å². The molecule has 0 amide bonds. The van der Waals surface area contributed by atoms with Gasteiger partial charge in [0, 0.05) is 6.61 Å². The van der Waals surface area contributed by atoms with E-state index in [0.717, 1.165) is 19.4 Å². The van der Waals surface area contributed by atoms with Crippen molar-refractivity contribution in [3.05, 3.63) is 35.4 Å². The zero-order chi connectivity index (χ0) is 10.4. The van der Waals surface area contributed by atoms with Crippen LogP contribution in [-0.2, 0) is 11.2 Å². The topological polar surface area (TPSA) is 9.23 Å². The van der Waals surface area contributed by atoms with Gasteiger partial charge in [-0.2, -0.15) is 0 Å². The van der Waals surface area contributed by atoms with Crippen LogP contribution in [0.2, 0.25) is 0 Å². The van der Waals surface area contributed by atoms with Crippen LogP contribution in [0.5, 0.6) is 0 Å². The summed E-state index contributed by atoms with van der Waals surface area (Å²) in [4.78, 5) is 0. The standard InChI is InChI=1S/C13H20O/c1-4-11-9-7-8-10-12(11)13(5-2)14-6-3/h7-10,13H,4-6H2,1-3H3. The largest absolute Gasteiger partial charge is 0.374 e. The molecule has 0 spiro atoms. The molecule has 1 aromatic carbocycles. The lowest BCUT2D eigenvalue weighted by atomic mass is 9.99. The molecule has 1 atom stereocenters. The number of benzene rings is 1. The highest BCUT2D eigenvalue weighted by Crippen LogP contribution is 2.24. The Morgan fingerprint density at radius 1 is 1.14 bits per heavy atom. The Kier molecular flexibility index (Phi) is 4.68. The Bertz CT molecular complexity index is 268. The van der Waals surface area contributed by atoms with Crippen LogP contribution in [0.1, 0.15) is 44.4 Å². The van der Waals surface area contributed by atoms with Gasteiger partial charge in [-0.15, -0.1) is 0 Å². The molecule has 0 N–H and O–H groups in total. The van der Waals surface area contributed by atoms with Crippen LogP contribution in [-0.4, -0.2) is 6.61 Å². The third-order valence-corrected chi connectivity index (χ3v) is 2.52. The van der Waals surface area contributed by atoms with E-state index in [9.17, 15) is 0 Å². The Morgan fingerprint density at radius 2 is 1.86 bits per heavy atom. The van der Waals surface area contributed by atoms with E-state index in [4.69, 9.17) is 4.74 Å². The van der Waals surface area contributed by atoms with Crippen molar-refractivity contribution >= 4 is 0 Å². The van der Waals surface area contributed by atoms with Crippen LogP contribution in [0.3, 0.4) is 0 Å². The normalized spacial score (nSPS) is 12.8. The second-order valence-electron chi connectivity index (χ2n) is 3.40. The Labute approximate surface area is 87.1 Å². The van der Waals surface area contributed by atoms with Crippen molar-refractivity contribution in [1.82, 2.24) is 0 Å². The molecule has 1 unspecified atom stereocenters. The molecule has 0 aliphatic heterocycles. The molecular formula is C13H20O. The van der Waals surface area contributed by atoms with Crippen LogP contribution in [0, 0.1) is 0 Å². The van der Waals surface area contributed by atoms with Gasteiger partial charge >= 0.3 is 0 Å². The van der Waals surface area contributed by atoms with Crippen molar-refractivity contribution in [2.24, 2.45) is 0 Å². The van der Waals surface area contributed by atoms with Crippen LogP contribution in [0.4, 0.5) is 0 Å². The van der Waals surface area contributed by atoms with E-state index in [0.29, 0.717) is 0 Å². The molecule has 0 aliphatic carbocycles. The summed E-state index contributed by atoms with van der Waals surface area (Å²) in [6.07, 6.45) is 2.40. The van der Waals surface area contributed by atoms with Crippen LogP contribution in [0.25, 0.3) is 0 Å². The third kappa shape index (κ3) is 2.58. The number of hydrogen-bond donors (Lipinski definition) is 0. The first-order valence-corrected chi connectivity index (χ1v) is 5.52.